The number of H-pyrrole nitrogens is 1. The van der Waals surface area contributed by atoms with Crippen molar-refractivity contribution in [3.63, 3.8) is 0 Å². The zero-order valence-corrected chi connectivity index (χ0v) is 9.67. The van der Waals surface area contributed by atoms with Gasteiger partial charge in [-0.25, -0.2) is 0 Å². The summed E-state index contributed by atoms with van der Waals surface area (Å²) in [5.41, 5.74) is 10.6. The van der Waals surface area contributed by atoms with Gasteiger partial charge in [-0.1, -0.05) is 12.1 Å². The number of aromatic amines is 1. The first-order valence-electron chi connectivity index (χ1n) is 5.64. The van der Waals surface area contributed by atoms with Crippen LogP contribution in [0.4, 0.5) is 5.69 Å². The van der Waals surface area contributed by atoms with E-state index in [4.69, 9.17) is 5.73 Å². The van der Waals surface area contributed by atoms with Crippen molar-refractivity contribution in [1.29, 1.82) is 0 Å². The summed E-state index contributed by atoms with van der Waals surface area (Å²) in [5, 5.41) is 7.13. The van der Waals surface area contributed by atoms with E-state index in [1.165, 1.54) is 0 Å². The van der Waals surface area contributed by atoms with Gasteiger partial charge in [0.2, 0.25) is 0 Å². The minimum Gasteiger partial charge on any atom is -0.399 e. The maximum Gasteiger partial charge on any atom is 0.0744 e. The third kappa shape index (κ3) is 1.84. The van der Waals surface area contributed by atoms with Crippen LogP contribution in [0, 0.1) is 0 Å². The molecule has 0 aliphatic rings. The van der Waals surface area contributed by atoms with Gasteiger partial charge >= 0.3 is 0 Å². The number of anilines is 1. The summed E-state index contributed by atoms with van der Waals surface area (Å²) >= 11 is 0. The van der Waals surface area contributed by atoms with E-state index in [9.17, 15) is 0 Å². The van der Waals surface area contributed by atoms with Crippen LogP contribution in [0.25, 0.3) is 22.4 Å². The fourth-order valence-corrected chi connectivity index (χ4v) is 1.90. The molecule has 0 spiro atoms. The predicted octanol–water partition coefficient (Wildman–Crippen LogP) is 2.72. The van der Waals surface area contributed by atoms with Crippen LogP contribution < -0.4 is 5.73 Å². The molecule has 3 aromatic rings. The highest BCUT2D eigenvalue weighted by molar-refractivity contribution is 5.80. The monoisotopic (exact) mass is 236 g/mol. The largest absolute Gasteiger partial charge is 0.399 e. The molecule has 0 saturated carbocycles. The number of hydrogen-bond acceptors (Lipinski definition) is 3. The van der Waals surface area contributed by atoms with Gasteiger partial charge in [0.15, 0.2) is 0 Å². The smallest absolute Gasteiger partial charge is 0.0744 e. The fourth-order valence-electron chi connectivity index (χ4n) is 1.90. The molecule has 88 valence electrons. The van der Waals surface area contributed by atoms with Crippen molar-refractivity contribution >= 4 is 5.69 Å². The minimum atomic E-state index is 0.755. The van der Waals surface area contributed by atoms with Crippen LogP contribution in [0.2, 0.25) is 0 Å². The van der Waals surface area contributed by atoms with E-state index in [0.717, 1.165) is 28.1 Å². The van der Waals surface area contributed by atoms with E-state index in [2.05, 4.69) is 15.2 Å². The maximum absolute atomic E-state index is 5.70. The van der Waals surface area contributed by atoms with Crippen molar-refractivity contribution < 1.29 is 0 Å². The van der Waals surface area contributed by atoms with Gasteiger partial charge in [-0.05, 0) is 29.8 Å². The van der Waals surface area contributed by atoms with Crippen molar-refractivity contribution in [2.45, 2.75) is 0 Å². The van der Waals surface area contributed by atoms with Gasteiger partial charge in [0, 0.05) is 29.2 Å². The van der Waals surface area contributed by atoms with Crippen LogP contribution in [0.1, 0.15) is 0 Å². The van der Waals surface area contributed by atoms with Crippen LogP contribution in [0.15, 0.2) is 55.0 Å². The Bertz CT molecular complexity index is 641. The lowest BCUT2D eigenvalue weighted by molar-refractivity contribution is 1.09. The van der Waals surface area contributed by atoms with Crippen molar-refractivity contribution in [2.24, 2.45) is 0 Å². The van der Waals surface area contributed by atoms with Crippen LogP contribution in [-0.4, -0.2) is 15.2 Å². The number of nitrogens with two attached hydrogens (primary N) is 1. The first-order valence-corrected chi connectivity index (χ1v) is 5.64. The molecule has 2 heterocycles. The van der Waals surface area contributed by atoms with Crippen molar-refractivity contribution in [2.75, 3.05) is 5.73 Å². The van der Waals surface area contributed by atoms with Crippen LogP contribution in [0.5, 0.6) is 0 Å². The van der Waals surface area contributed by atoms with E-state index in [1.54, 1.807) is 6.20 Å². The maximum atomic E-state index is 5.70. The average Bonchev–Trinajstić information content (AvgIpc) is 2.90. The summed E-state index contributed by atoms with van der Waals surface area (Å²) < 4.78 is 0. The van der Waals surface area contributed by atoms with Crippen molar-refractivity contribution in [3.8, 4) is 22.4 Å². The van der Waals surface area contributed by atoms with E-state index in [0.29, 0.717) is 0 Å². The summed E-state index contributed by atoms with van der Waals surface area (Å²) in [5.74, 6) is 0. The number of rotatable bonds is 2. The van der Waals surface area contributed by atoms with Gasteiger partial charge in [-0.2, -0.15) is 5.10 Å². The molecule has 0 radical (unpaired) electrons. The molecule has 1 aromatic carbocycles. The molecule has 18 heavy (non-hydrogen) atoms. The lowest BCUT2D eigenvalue weighted by atomic mass is 10.0. The van der Waals surface area contributed by atoms with Gasteiger partial charge in [-0.3, -0.25) is 10.1 Å². The molecule has 4 heteroatoms. The summed E-state index contributed by atoms with van der Waals surface area (Å²) in [4.78, 5) is 4.12. The number of nitrogens with zero attached hydrogens (tertiary/aromatic N) is 2. The zero-order valence-electron chi connectivity index (χ0n) is 9.67. The second kappa shape index (κ2) is 4.33. The molecule has 0 bridgehead atoms. The van der Waals surface area contributed by atoms with Crippen LogP contribution in [-0.2, 0) is 0 Å². The Morgan fingerprint density at radius 2 is 1.78 bits per heavy atom. The molecule has 2 aromatic heterocycles. The molecule has 0 fully saturated rings. The van der Waals surface area contributed by atoms with E-state index in [1.807, 2.05) is 48.8 Å². The molecule has 3 N–H and O–H groups in total. The topological polar surface area (TPSA) is 67.6 Å². The fraction of sp³-hybridized carbons (Fsp3) is 0. The Labute approximate surface area is 105 Å². The zero-order chi connectivity index (χ0) is 12.4. The van der Waals surface area contributed by atoms with Gasteiger partial charge in [0.05, 0.1) is 11.9 Å². The molecule has 0 unspecified atom stereocenters. The van der Waals surface area contributed by atoms with E-state index < -0.39 is 0 Å². The molecular formula is C14H12N4. The number of nitrogen functional groups attached to an aromatic ring is 1. The van der Waals surface area contributed by atoms with E-state index in [-0.39, 0.29) is 0 Å². The molecule has 0 saturated heterocycles. The number of aromatic nitrogens is 3. The lowest BCUT2D eigenvalue weighted by Crippen LogP contribution is -1.86. The molecule has 0 amide bonds. The average molecular weight is 236 g/mol. The Hall–Kier alpha value is -2.62. The Morgan fingerprint density at radius 3 is 2.50 bits per heavy atom. The molecule has 0 atom stereocenters. The van der Waals surface area contributed by atoms with Gasteiger partial charge in [-0.15, -0.1) is 0 Å². The molecule has 0 aliphatic heterocycles. The quantitative estimate of drug-likeness (QED) is 0.672. The van der Waals surface area contributed by atoms with Crippen molar-refractivity contribution in [3.05, 3.63) is 55.0 Å². The standard InChI is InChI=1S/C14H12N4/c15-12-5-3-10(4-6-12)13-9-17-18-14(13)11-2-1-7-16-8-11/h1-9H,15H2,(H,17,18). The predicted molar refractivity (Wildman–Crippen MR) is 71.7 cm³/mol. The second-order valence-corrected chi connectivity index (χ2v) is 4.02. The number of hydrogen-bond donors (Lipinski definition) is 2. The lowest BCUT2D eigenvalue weighted by Gasteiger charge is -2.03. The van der Waals surface area contributed by atoms with Gasteiger partial charge in [0.25, 0.3) is 0 Å². The minimum absolute atomic E-state index is 0.755. The molecule has 4 nitrogen and oxygen atoms in total. The number of nitrogens with one attached hydrogen (secondary N) is 1. The first kappa shape index (κ1) is 10.5. The highest BCUT2D eigenvalue weighted by Gasteiger charge is 2.09. The van der Waals surface area contributed by atoms with E-state index >= 15 is 0 Å². The van der Waals surface area contributed by atoms with Crippen LogP contribution in [0.3, 0.4) is 0 Å². The van der Waals surface area contributed by atoms with Gasteiger partial charge in [0.1, 0.15) is 0 Å². The molecule has 0 aliphatic carbocycles. The summed E-state index contributed by atoms with van der Waals surface area (Å²) in [6.07, 6.45) is 5.38. The highest BCUT2D eigenvalue weighted by atomic mass is 15.1. The third-order valence-corrected chi connectivity index (χ3v) is 2.81. The van der Waals surface area contributed by atoms with Gasteiger partial charge < -0.3 is 5.73 Å². The Balaban J connectivity index is 2.10. The number of pyridine rings is 1. The normalized spacial score (nSPS) is 10.4. The third-order valence-electron chi connectivity index (χ3n) is 2.81. The second-order valence-electron chi connectivity index (χ2n) is 4.02. The summed E-state index contributed by atoms with van der Waals surface area (Å²) in [6.45, 7) is 0. The molecular weight excluding hydrogens is 224 g/mol. The highest BCUT2D eigenvalue weighted by Crippen LogP contribution is 2.29. The first-order chi connectivity index (χ1) is 8.84. The SMILES string of the molecule is Nc1ccc(-c2cn[nH]c2-c2cccnc2)cc1. The summed E-state index contributed by atoms with van der Waals surface area (Å²) in [6, 6.07) is 11.6. The molecule has 3 rings (SSSR count). The Morgan fingerprint density at radius 1 is 0.944 bits per heavy atom. The van der Waals surface area contributed by atoms with Crippen LogP contribution >= 0.6 is 0 Å². The van der Waals surface area contributed by atoms with Crippen molar-refractivity contribution in [1.82, 2.24) is 15.2 Å². The Kier molecular flexibility index (Phi) is 2.53. The number of benzene rings is 1. The summed E-state index contributed by atoms with van der Waals surface area (Å²) in [7, 11) is 0.